The second-order valence-electron chi connectivity index (χ2n) is 6.47. The standard InChI is InChI=1S/C22H24N2O4/c1-27-19-11-7-17(20(14-19)28-2)8-12-21(25)23-15-16-5-9-18(10-6-16)24-13-3-4-22(24)26/h5-12,14H,3-4,13,15H2,1-2H3,(H,23,25)/b12-8+. The molecule has 0 aromatic heterocycles. The van der Waals surface area contributed by atoms with Gasteiger partial charge in [-0.05, 0) is 42.3 Å². The number of hydrogen-bond acceptors (Lipinski definition) is 4. The molecule has 2 amide bonds. The van der Waals surface area contributed by atoms with Crippen LogP contribution >= 0.6 is 0 Å². The average Bonchev–Trinajstić information content (AvgIpc) is 3.16. The number of nitrogens with zero attached hydrogens (tertiary/aromatic N) is 1. The number of ether oxygens (including phenoxy) is 2. The van der Waals surface area contributed by atoms with E-state index >= 15 is 0 Å². The quantitative estimate of drug-likeness (QED) is 0.750. The normalized spacial score (nSPS) is 13.8. The minimum Gasteiger partial charge on any atom is -0.497 e. The smallest absolute Gasteiger partial charge is 0.244 e. The van der Waals surface area contributed by atoms with Crippen LogP contribution in [0, 0.1) is 0 Å². The van der Waals surface area contributed by atoms with Crippen LogP contribution < -0.4 is 19.7 Å². The van der Waals surface area contributed by atoms with E-state index in [9.17, 15) is 9.59 Å². The fourth-order valence-corrected chi connectivity index (χ4v) is 3.08. The Balaban J connectivity index is 1.55. The molecule has 0 saturated carbocycles. The van der Waals surface area contributed by atoms with Crippen LogP contribution in [-0.2, 0) is 16.1 Å². The van der Waals surface area contributed by atoms with Crippen LogP contribution in [0.5, 0.6) is 11.5 Å². The maximum atomic E-state index is 12.1. The third-order valence-electron chi connectivity index (χ3n) is 4.64. The highest BCUT2D eigenvalue weighted by Gasteiger charge is 2.21. The second kappa shape index (κ2) is 9.08. The number of methoxy groups -OCH3 is 2. The fraction of sp³-hybridized carbons (Fsp3) is 0.273. The zero-order chi connectivity index (χ0) is 19.9. The number of anilines is 1. The van der Waals surface area contributed by atoms with Crippen LogP contribution in [0.25, 0.3) is 6.08 Å². The Morgan fingerprint density at radius 3 is 2.57 bits per heavy atom. The molecule has 2 aromatic carbocycles. The molecule has 1 N–H and O–H groups in total. The number of benzene rings is 2. The number of hydrogen-bond donors (Lipinski definition) is 1. The molecule has 0 radical (unpaired) electrons. The van der Waals surface area contributed by atoms with Gasteiger partial charge in [-0.25, -0.2) is 0 Å². The Hall–Kier alpha value is -3.28. The van der Waals surface area contributed by atoms with Crippen molar-refractivity contribution in [3.8, 4) is 11.5 Å². The molecule has 0 unspecified atom stereocenters. The first kappa shape index (κ1) is 19.5. The maximum Gasteiger partial charge on any atom is 0.244 e. The molecule has 1 aliphatic rings. The molecule has 0 aliphatic carbocycles. The van der Waals surface area contributed by atoms with E-state index in [4.69, 9.17) is 9.47 Å². The lowest BCUT2D eigenvalue weighted by Gasteiger charge is -2.15. The van der Waals surface area contributed by atoms with Crippen LogP contribution in [-0.4, -0.2) is 32.6 Å². The lowest BCUT2D eigenvalue weighted by molar-refractivity contribution is -0.117. The SMILES string of the molecule is COc1ccc(/C=C/C(=O)NCc2ccc(N3CCCC3=O)cc2)c(OC)c1. The molecule has 6 nitrogen and oxygen atoms in total. The predicted molar refractivity (Wildman–Crippen MR) is 108 cm³/mol. The lowest BCUT2D eigenvalue weighted by Crippen LogP contribution is -2.23. The predicted octanol–water partition coefficient (Wildman–Crippen LogP) is 3.16. The van der Waals surface area contributed by atoms with Gasteiger partial charge < -0.3 is 19.7 Å². The number of rotatable bonds is 7. The molecule has 146 valence electrons. The van der Waals surface area contributed by atoms with Crippen LogP contribution in [0.3, 0.4) is 0 Å². The lowest BCUT2D eigenvalue weighted by atomic mass is 10.1. The van der Waals surface area contributed by atoms with Crippen molar-refractivity contribution in [2.75, 3.05) is 25.7 Å². The summed E-state index contributed by atoms with van der Waals surface area (Å²) < 4.78 is 10.5. The minimum absolute atomic E-state index is 0.167. The Morgan fingerprint density at radius 2 is 1.93 bits per heavy atom. The van der Waals surface area contributed by atoms with Crippen LogP contribution in [0.1, 0.15) is 24.0 Å². The Bertz CT molecular complexity index is 875. The topological polar surface area (TPSA) is 67.9 Å². The first-order valence-electron chi connectivity index (χ1n) is 9.18. The van der Waals surface area contributed by atoms with Crippen molar-refractivity contribution in [3.63, 3.8) is 0 Å². The molecule has 1 heterocycles. The molecule has 1 saturated heterocycles. The van der Waals surface area contributed by atoms with Gasteiger partial charge in [0, 0.05) is 42.9 Å². The number of carbonyl (C=O) groups is 2. The van der Waals surface area contributed by atoms with Crippen LogP contribution in [0.4, 0.5) is 5.69 Å². The van der Waals surface area contributed by atoms with E-state index in [-0.39, 0.29) is 11.8 Å². The Morgan fingerprint density at radius 1 is 1.14 bits per heavy atom. The second-order valence-corrected chi connectivity index (χ2v) is 6.47. The van der Waals surface area contributed by atoms with E-state index in [1.54, 1.807) is 31.3 Å². The summed E-state index contributed by atoms with van der Waals surface area (Å²) in [6.07, 6.45) is 4.70. The van der Waals surface area contributed by atoms with Gasteiger partial charge in [0.15, 0.2) is 0 Å². The summed E-state index contributed by atoms with van der Waals surface area (Å²) >= 11 is 0. The van der Waals surface area contributed by atoms with Crippen molar-refractivity contribution in [2.24, 2.45) is 0 Å². The Kier molecular flexibility index (Phi) is 6.32. The Labute approximate surface area is 164 Å². The largest absolute Gasteiger partial charge is 0.497 e. The number of carbonyl (C=O) groups excluding carboxylic acids is 2. The van der Waals surface area contributed by atoms with Gasteiger partial charge in [0.05, 0.1) is 14.2 Å². The van der Waals surface area contributed by atoms with Gasteiger partial charge in [0.1, 0.15) is 11.5 Å². The first-order chi connectivity index (χ1) is 13.6. The van der Waals surface area contributed by atoms with Gasteiger partial charge in [0.25, 0.3) is 0 Å². The monoisotopic (exact) mass is 380 g/mol. The number of amides is 2. The van der Waals surface area contributed by atoms with E-state index in [1.165, 1.54) is 6.08 Å². The molecule has 3 rings (SSSR count). The highest BCUT2D eigenvalue weighted by atomic mass is 16.5. The third kappa shape index (κ3) is 4.71. The highest BCUT2D eigenvalue weighted by Crippen LogP contribution is 2.25. The van der Waals surface area contributed by atoms with Crippen LogP contribution in [0.2, 0.25) is 0 Å². The van der Waals surface area contributed by atoms with Crippen molar-refractivity contribution >= 4 is 23.6 Å². The van der Waals surface area contributed by atoms with Gasteiger partial charge in [0.2, 0.25) is 11.8 Å². The molecule has 1 aliphatic heterocycles. The first-order valence-corrected chi connectivity index (χ1v) is 9.18. The highest BCUT2D eigenvalue weighted by molar-refractivity contribution is 5.95. The van der Waals surface area contributed by atoms with Gasteiger partial charge in [-0.3, -0.25) is 9.59 Å². The molecular formula is C22H24N2O4. The van der Waals surface area contributed by atoms with Crippen molar-refractivity contribution in [3.05, 3.63) is 59.7 Å². The van der Waals surface area contributed by atoms with Crippen molar-refractivity contribution in [1.29, 1.82) is 0 Å². The summed E-state index contributed by atoms with van der Waals surface area (Å²) in [5.74, 6) is 1.30. The molecule has 28 heavy (non-hydrogen) atoms. The molecule has 6 heteroatoms. The zero-order valence-electron chi connectivity index (χ0n) is 16.1. The summed E-state index contributed by atoms with van der Waals surface area (Å²) in [6, 6.07) is 13.1. The molecule has 0 spiro atoms. The van der Waals surface area contributed by atoms with Crippen molar-refractivity contribution in [2.45, 2.75) is 19.4 Å². The summed E-state index contributed by atoms with van der Waals surface area (Å²) in [5, 5.41) is 2.86. The summed E-state index contributed by atoms with van der Waals surface area (Å²) in [4.78, 5) is 25.7. The van der Waals surface area contributed by atoms with Crippen molar-refractivity contribution in [1.82, 2.24) is 5.32 Å². The third-order valence-corrected chi connectivity index (χ3v) is 4.64. The van der Waals surface area contributed by atoms with Gasteiger partial charge in [-0.2, -0.15) is 0 Å². The number of nitrogens with one attached hydrogen (secondary N) is 1. The molecular weight excluding hydrogens is 356 g/mol. The molecule has 0 bridgehead atoms. The van der Waals surface area contributed by atoms with E-state index in [1.807, 2.05) is 36.4 Å². The van der Waals surface area contributed by atoms with Gasteiger partial charge in [-0.15, -0.1) is 0 Å². The minimum atomic E-state index is -0.198. The molecule has 1 fully saturated rings. The van der Waals surface area contributed by atoms with Crippen molar-refractivity contribution < 1.29 is 19.1 Å². The average molecular weight is 380 g/mol. The van der Waals surface area contributed by atoms with E-state index in [2.05, 4.69) is 5.32 Å². The van der Waals surface area contributed by atoms with Gasteiger partial charge in [-0.1, -0.05) is 12.1 Å². The summed E-state index contributed by atoms with van der Waals surface area (Å²) in [7, 11) is 3.17. The van der Waals surface area contributed by atoms with E-state index in [0.29, 0.717) is 24.5 Å². The summed E-state index contributed by atoms with van der Waals surface area (Å²) in [5.41, 5.74) is 2.67. The maximum absolute atomic E-state index is 12.1. The fourth-order valence-electron chi connectivity index (χ4n) is 3.08. The van der Waals surface area contributed by atoms with E-state index < -0.39 is 0 Å². The zero-order valence-corrected chi connectivity index (χ0v) is 16.1. The molecule has 2 aromatic rings. The van der Waals surface area contributed by atoms with Crippen LogP contribution in [0.15, 0.2) is 48.5 Å². The van der Waals surface area contributed by atoms with E-state index in [0.717, 1.165) is 29.8 Å². The molecule has 0 atom stereocenters. The summed E-state index contributed by atoms with van der Waals surface area (Å²) in [6.45, 7) is 1.19. The van der Waals surface area contributed by atoms with Gasteiger partial charge >= 0.3 is 0 Å².